The normalized spacial score (nSPS) is 18.8. The summed E-state index contributed by atoms with van der Waals surface area (Å²) in [5, 5.41) is 6.01. The Morgan fingerprint density at radius 1 is 1.29 bits per heavy atom. The van der Waals surface area contributed by atoms with Gasteiger partial charge in [0.05, 0.1) is 12.2 Å². The maximum absolute atomic E-state index is 13.9. The Hall–Kier alpha value is -2.55. The van der Waals surface area contributed by atoms with E-state index in [0.29, 0.717) is 26.3 Å². The molecule has 0 saturated carbocycles. The van der Waals surface area contributed by atoms with E-state index in [1.165, 1.54) is 12.1 Å². The zero-order chi connectivity index (χ0) is 21.8. The van der Waals surface area contributed by atoms with Gasteiger partial charge >= 0.3 is 0 Å². The molecule has 164 valence electrons. The zero-order valence-electron chi connectivity index (χ0n) is 17.1. The Morgan fingerprint density at radius 2 is 2.10 bits per heavy atom. The Labute approximate surface area is 185 Å². The Morgan fingerprint density at radius 3 is 2.81 bits per heavy atom. The summed E-state index contributed by atoms with van der Waals surface area (Å²) >= 11 is 5.73. The second-order valence-corrected chi connectivity index (χ2v) is 8.41. The number of piperidine rings is 1. The third-order valence-corrected chi connectivity index (χ3v) is 6.36. The quantitative estimate of drug-likeness (QED) is 0.711. The van der Waals surface area contributed by atoms with Crippen molar-refractivity contribution >= 4 is 23.4 Å². The number of carbonyl (C=O) groups excluding carboxylic acids is 2. The lowest BCUT2D eigenvalue weighted by Gasteiger charge is -2.42. The van der Waals surface area contributed by atoms with Crippen LogP contribution in [-0.2, 0) is 11.3 Å². The van der Waals surface area contributed by atoms with Crippen molar-refractivity contribution in [1.29, 1.82) is 0 Å². The fraction of sp³-hybridized carbons (Fsp3) is 0.409. The molecule has 4 rings (SSSR count). The predicted molar refractivity (Wildman–Crippen MR) is 115 cm³/mol. The van der Waals surface area contributed by atoms with Crippen LogP contribution in [0.2, 0.25) is 5.02 Å². The summed E-state index contributed by atoms with van der Waals surface area (Å²) in [6, 6.07) is 7.93. The van der Waals surface area contributed by atoms with Crippen LogP contribution in [0.3, 0.4) is 0 Å². The van der Waals surface area contributed by atoms with Crippen LogP contribution >= 0.6 is 11.6 Å². The topological polar surface area (TPSA) is 77.6 Å². The Kier molecular flexibility index (Phi) is 6.50. The van der Waals surface area contributed by atoms with Crippen molar-refractivity contribution in [3.05, 3.63) is 64.7 Å². The molecule has 2 fully saturated rings. The molecule has 0 bridgehead atoms. The first-order valence-electron chi connectivity index (χ1n) is 10.4. The van der Waals surface area contributed by atoms with Crippen LogP contribution in [0, 0.1) is 5.82 Å². The monoisotopic (exact) mass is 445 g/mol. The van der Waals surface area contributed by atoms with Crippen LogP contribution in [0.4, 0.5) is 4.39 Å². The van der Waals surface area contributed by atoms with Gasteiger partial charge in [0.1, 0.15) is 11.4 Å². The van der Waals surface area contributed by atoms with Crippen LogP contribution in [0.5, 0.6) is 0 Å². The van der Waals surface area contributed by atoms with Gasteiger partial charge < -0.3 is 15.5 Å². The smallest absolute Gasteiger partial charge is 0.254 e. The summed E-state index contributed by atoms with van der Waals surface area (Å²) in [4.78, 5) is 33.5. The molecule has 0 radical (unpaired) electrons. The molecule has 2 amide bonds. The first kappa shape index (κ1) is 21.7. The number of likely N-dealkylation sites (tertiary alicyclic amines) is 1. The number of pyridine rings is 1. The van der Waals surface area contributed by atoms with Crippen molar-refractivity contribution < 1.29 is 14.0 Å². The minimum Gasteiger partial charge on any atom is -0.351 e. The van der Waals surface area contributed by atoms with Gasteiger partial charge in [-0.1, -0.05) is 17.7 Å². The molecule has 0 unspecified atom stereocenters. The molecule has 7 nitrogen and oxygen atoms in total. The highest BCUT2D eigenvalue weighted by atomic mass is 35.5. The summed E-state index contributed by atoms with van der Waals surface area (Å²) in [6.07, 6.45) is 5.01. The van der Waals surface area contributed by atoms with E-state index in [2.05, 4.69) is 25.4 Å². The molecule has 2 aromatic rings. The van der Waals surface area contributed by atoms with Gasteiger partial charge in [-0.2, -0.15) is 0 Å². The van der Waals surface area contributed by atoms with Crippen molar-refractivity contribution in [2.24, 2.45) is 0 Å². The van der Waals surface area contributed by atoms with E-state index in [1.54, 1.807) is 6.20 Å². The fourth-order valence-electron chi connectivity index (χ4n) is 4.33. The van der Waals surface area contributed by atoms with Gasteiger partial charge in [-0.25, -0.2) is 4.39 Å². The first-order valence-corrected chi connectivity index (χ1v) is 10.7. The molecule has 3 heterocycles. The number of benzene rings is 1. The Bertz CT molecular complexity index is 950. The van der Waals surface area contributed by atoms with E-state index in [0.717, 1.165) is 37.6 Å². The van der Waals surface area contributed by atoms with Crippen LogP contribution in [0.1, 0.15) is 28.8 Å². The highest BCUT2D eigenvalue weighted by molar-refractivity contribution is 6.30. The number of amides is 2. The number of halogens is 2. The molecule has 9 heteroatoms. The van der Waals surface area contributed by atoms with Crippen LogP contribution < -0.4 is 10.6 Å². The summed E-state index contributed by atoms with van der Waals surface area (Å²) in [7, 11) is 0. The third kappa shape index (κ3) is 4.71. The lowest BCUT2D eigenvalue weighted by molar-refractivity contribution is -0.129. The highest BCUT2D eigenvalue weighted by Gasteiger charge is 2.49. The molecule has 1 aromatic heterocycles. The van der Waals surface area contributed by atoms with Crippen LogP contribution in [-0.4, -0.2) is 65.0 Å². The lowest BCUT2D eigenvalue weighted by Crippen LogP contribution is -2.56. The van der Waals surface area contributed by atoms with Crippen molar-refractivity contribution in [2.45, 2.75) is 24.9 Å². The average molecular weight is 446 g/mol. The van der Waals surface area contributed by atoms with Crippen molar-refractivity contribution in [1.82, 2.24) is 25.4 Å². The molecule has 31 heavy (non-hydrogen) atoms. The van der Waals surface area contributed by atoms with Gasteiger partial charge in [0.25, 0.3) is 5.91 Å². The van der Waals surface area contributed by atoms with Gasteiger partial charge in [0.2, 0.25) is 5.91 Å². The van der Waals surface area contributed by atoms with Crippen LogP contribution in [0.25, 0.3) is 0 Å². The number of rotatable bonds is 6. The van der Waals surface area contributed by atoms with Gasteiger partial charge in [0.15, 0.2) is 0 Å². The summed E-state index contributed by atoms with van der Waals surface area (Å²) in [6.45, 7) is 3.76. The second kappa shape index (κ2) is 9.30. The number of hydrogen-bond acceptors (Lipinski definition) is 5. The molecule has 2 saturated heterocycles. The van der Waals surface area contributed by atoms with Crippen molar-refractivity contribution in [3.63, 3.8) is 0 Å². The SMILES string of the molecule is O=C(NCCN1CCC2(CC1)C(=O)NCN2Cc1cccnc1)c1ccc(Cl)cc1F. The maximum Gasteiger partial charge on any atom is 0.254 e. The first-order chi connectivity index (χ1) is 15.0. The molecule has 2 aliphatic rings. The maximum atomic E-state index is 13.9. The van der Waals surface area contributed by atoms with E-state index in [-0.39, 0.29) is 16.5 Å². The molecule has 1 spiro atoms. The predicted octanol–water partition coefficient (Wildman–Crippen LogP) is 2.03. The molecular weight excluding hydrogens is 421 g/mol. The summed E-state index contributed by atoms with van der Waals surface area (Å²) in [5.74, 6) is -1.01. The van der Waals surface area contributed by atoms with Crippen molar-refractivity contribution in [2.75, 3.05) is 32.8 Å². The third-order valence-electron chi connectivity index (χ3n) is 6.13. The largest absolute Gasteiger partial charge is 0.351 e. The minimum absolute atomic E-state index is 0.0179. The van der Waals surface area contributed by atoms with Gasteiger partial charge in [-0.15, -0.1) is 0 Å². The van der Waals surface area contributed by atoms with Gasteiger partial charge in [0, 0.05) is 50.1 Å². The Balaban J connectivity index is 1.28. The standard InChI is InChI=1S/C22H25ClFN5O2/c23-17-3-4-18(19(24)12-17)20(30)26-8-11-28-9-5-22(6-10-28)21(31)27-15-29(22)14-16-2-1-7-25-13-16/h1-4,7,12-13H,5-6,8-11,14-15H2,(H,26,30)(H,27,31). The molecule has 2 N–H and O–H groups in total. The molecule has 0 atom stereocenters. The molecule has 2 aliphatic heterocycles. The molecular formula is C22H25ClFN5O2. The number of carbonyl (C=O) groups is 2. The zero-order valence-corrected chi connectivity index (χ0v) is 17.9. The number of nitrogens with zero attached hydrogens (tertiary/aromatic N) is 3. The molecule has 0 aliphatic carbocycles. The van der Waals surface area contributed by atoms with E-state index in [4.69, 9.17) is 11.6 Å². The van der Waals surface area contributed by atoms with Gasteiger partial charge in [-0.05, 0) is 42.7 Å². The van der Waals surface area contributed by atoms with E-state index >= 15 is 0 Å². The molecule has 1 aromatic carbocycles. The average Bonchev–Trinajstić information content (AvgIpc) is 3.05. The van der Waals surface area contributed by atoms with Crippen LogP contribution in [0.15, 0.2) is 42.7 Å². The van der Waals surface area contributed by atoms with Gasteiger partial charge in [-0.3, -0.25) is 19.5 Å². The lowest BCUT2D eigenvalue weighted by atomic mass is 9.86. The second-order valence-electron chi connectivity index (χ2n) is 7.98. The highest BCUT2D eigenvalue weighted by Crippen LogP contribution is 2.33. The number of nitrogens with one attached hydrogen (secondary N) is 2. The van der Waals surface area contributed by atoms with Crippen molar-refractivity contribution in [3.8, 4) is 0 Å². The fourth-order valence-corrected chi connectivity index (χ4v) is 4.49. The van der Waals surface area contributed by atoms with E-state index < -0.39 is 17.3 Å². The number of aromatic nitrogens is 1. The summed E-state index contributed by atoms with van der Waals surface area (Å²) in [5.41, 5.74) is 0.566. The number of hydrogen-bond donors (Lipinski definition) is 2. The summed E-state index contributed by atoms with van der Waals surface area (Å²) < 4.78 is 13.9. The minimum atomic E-state index is -0.633. The van der Waals surface area contributed by atoms with E-state index in [9.17, 15) is 14.0 Å². The van der Waals surface area contributed by atoms with E-state index in [1.807, 2.05) is 18.3 Å².